The monoisotopic (exact) mass is 414 g/mol. The van der Waals surface area contributed by atoms with Crippen molar-refractivity contribution in [3.63, 3.8) is 0 Å². The molecule has 1 unspecified atom stereocenters. The molecule has 1 saturated heterocycles. The molecule has 12 heteroatoms. The van der Waals surface area contributed by atoms with Crippen LogP contribution in [0.2, 0.25) is 19.6 Å². The number of hydrogen-bond acceptors (Lipinski definition) is 8. The number of rotatable bonds is 8. The number of sulfonamides is 1. The largest absolute Gasteiger partial charge is 0.453 e. The Morgan fingerprint density at radius 2 is 1.96 bits per heavy atom. The first-order valence-electron chi connectivity index (χ1n) is 8.25. The molecule has 1 amide bonds. The van der Waals surface area contributed by atoms with Crippen molar-refractivity contribution >= 4 is 24.2 Å². The Bertz CT molecular complexity index is 568. The fraction of sp³-hybridized carbons (Fsp3) is 0.929. The zero-order valence-corrected chi connectivity index (χ0v) is 17.6. The van der Waals surface area contributed by atoms with Crippen LogP contribution in [0.5, 0.6) is 0 Å². The second-order valence-corrected chi connectivity index (χ2v) is 14.5. The number of ether oxygens (including phenoxy) is 3. The van der Waals surface area contributed by atoms with E-state index < -0.39 is 61.0 Å². The highest BCUT2D eigenvalue weighted by atomic mass is 32.2. The molecule has 1 rings (SSSR count). The van der Waals surface area contributed by atoms with E-state index in [9.17, 15) is 23.4 Å². The second kappa shape index (κ2) is 9.44. The predicted molar refractivity (Wildman–Crippen MR) is 96.8 cm³/mol. The van der Waals surface area contributed by atoms with Crippen molar-refractivity contribution in [2.75, 3.05) is 26.6 Å². The number of methoxy groups -OCH3 is 2. The van der Waals surface area contributed by atoms with Crippen molar-refractivity contribution in [2.45, 2.75) is 56.3 Å². The van der Waals surface area contributed by atoms with E-state index >= 15 is 0 Å². The lowest BCUT2D eigenvalue weighted by Crippen LogP contribution is -2.60. The van der Waals surface area contributed by atoms with Gasteiger partial charge in [0.15, 0.2) is 6.29 Å². The Kier molecular flexibility index (Phi) is 8.45. The summed E-state index contributed by atoms with van der Waals surface area (Å²) in [5, 5.41) is 22.1. The van der Waals surface area contributed by atoms with Crippen LogP contribution in [-0.4, -0.2) is 89.6 Å². The number of alkyl carbamates (subject to hydrolysis) is 1. The van der Waals surface area contributed by atoms with Crippen molar-refractivity contribution < 1.29 is 37.6 Å². The van der Waals surface area contributed by atoms with E-state index in [1.807, 2.05) is 19.6 Å². The summed E-state index contributed by atoms with van der Waals surface area (Å²) in [7, 11) is -3.33. The second-order valence-electron chi connectivity index (χ2n) is 7.31. The van der Waals surface area contributed by atoms with E-state index in [1.165, 1.54) is 14.2 Å². The van der Waals surface area contributed by atoms with Gasteiger partial charge in [-0.05, 0) is 0 Å². The fourth-order valence-electron chi connectivity index (χ4n) is 2.57. The first-order chi connectivity index (χ1) is 11.9. The first kappa shape index (κ1) is 23.3. The molecule has 0 bridgehead atoms. The molecular formula is C14H30N2O8SSi. The summed E-state index contributed by atoms with van der Waals surface area (Å²) >= 11 is 0. The molecule has 0 saturated carbocycles. The van der Waals surface area contributed by atoms with E-state index in [-0.39, 0.29) is 12.2 Å². The van der Waals surface area contributed by atoms with Gasteiger partial charge >= 0.3 is 6.09 Å². The van der Waals surface area contributed by atoms with Crippen LogP contribution in [0.3, 0.4) is 0 Å². The molecule has 0 spiro atoms. The van der Waals surface area contributed by atoms with Crippen LogP contribution in [0.15, 0.2) is 0 Å². The van der Waals surface area contributed by atoms with Gasteiger partial charge in [0.05, 0.1) is 39.7 Å². The fourth-order valence-corrected chi connectivity index (χ4v) is 7.09. The number of aliphatic hydroxyl groups excluding tert-OH is 2. The van der Waals surface area contributed by atoms with E-state index in [1.54, 1.807) is 0 Å². The Morgan fingerprint density at radius 1 is 1.35 bits per heavy atom. The third-order valence-corrected chi connectivity index (χ3v) is 8.42. The van der Waals surface area contributed by atoms with Gasteiger partial charge in [-0.15, -0.1) is 0 Å². The molecule has 1 aliphatic heterocycles. The molecule has 26 heavy (non-hydrogen) atoms. The Morgan fingerprint density at radius 3 is 2.42 bits per heavy atom. The topological polar surface area (TPSA) is 143 Å². The molecule has 1 heterocycles. The van der Waals surface area contributed by atoms with E-state index in [0.29, 0.717) is 0 Å². The summed E-state index contributed by atoms with van der Waals surface area (Å²) in [6, 6.07) is -0.878. The van der Waals surface area contributed by atoms with Crippen molar-refractivity contribution in [1.82, 2.24) is 10.0 Å². The van der Waals surface area contributed by atoms with Gasteiger partial charge in [-0.3, -0.25) is 0 Å². The van der Waals surface area contributed by atoms with Crippen molar-refractivity contribution in [3.05, 3.63) is 0 Å². The highest BCUT2D eigenvalue weighted by molar-refractivity contribution is 7.89. The summed E-state index contributed by atoms with van der Waals surface area (Å²) in [6.45, 7) is 5.31. The van der Waals surface area contributed by atoms with Crippen molar-refractivity contribution in [2.24, 2.45) is 0 Å². The van der Waals surface area contributed by atoms with Gasteiger partial charge in [0, 0.05) is 19.2 Å². The minimum atomic E-state index is -3.85. The average Bonchev–Trinajstić information content (AvgIpc) is 2.54. The van der Waals surface area contributed by atoms with Gasteiger partial charge in [0.1, 0.15) is 6.10 Å². The zero-order valence-electron chi connectivity index (χ0n) is 15.8. The average molecular weight is 415 g/mol. The highest BCUT2D eigenvalue weighted by Gasteiger charge is 2.41. The van der Waals surface area contributed by atoms with Gasteiger partial charge in [-0.2, -0.15) is 0 Å². The lowest BCUT2D eigenvalue weighted by molar-refractivity contribution is -0.226. The Hall–Kier alpha value is -0.763. The summed E-state index contributed by atoms with van der Waals surface area (Å²) in [5.74, 6) is -0.344. The molecular weight excluding hydrogens is 384 g/mol. The Labute approximate surface area is 155 Å². The molecule has 154 valence electrons. The lowest BCUT2D eigenvalue weighted by atomic mass is 10.0. The lowest BCUT2D eigenvalue weighted by Gasteiger charge is -2.38. The van der Waals surface area contributed by atoms with Crippen molar-refractivity contribution in [1.29, 1.82) is 0 Å². The number of nitrogens with one attached hydrogen (secondary N) is 2. The van der Waals surface area contributed by atoms with E-state index in [4.69, 9.17) is 9.47 Å². The van der Waals surface area contributed by atoms with Crippen LogP contribution in [0.4, 0.5) is 4.79 Å². The molecule has 0 aromatic heterocycles. The maximum atomic E-state index is 12.6. The number of carbonyl (C=O) groups excluding carboxylic acids is 1. The number of carbonyl (C=O) groups is 1. The summed E-state index contributed by atoms with van der Waals surface area (Å²) in [6.07, 6.45) is -3.53. The molecule has 1 aliphatic rings. The van der Waals surface area contributed by atoms with Crippen LogP contribution in [0.1, 0.15) is 6.42 Å². The molecule has 0 radical (unpaired) electrons. The van der Waals surface area contributed by atoms with Crippen molar-refractivity contribution in [3.8, 4) is 0 Å². The van der Waals surface area contributed by atoms with Crippen LogP contribution in [-0.2, 0) is 24.2 Å². The van der Waals surface area contributed by atoms with Crippen LogP contribution in [0.25, 0.3) is 0 Å². The molecule has 0 aromatic rings. The molecule has 5 atom stereocenters. The Balaban J connectivity index is 2.89. The maximum absolute atomic E-state index is 12.6. The van der Waals surface area contributed by atoms with E-state index in [2.05, 4.69) is 14.8 Å². The summed E-state index contributed by atoms with van der Waals surface area (Å²) in [4.78, 5) is 11.5. The predicted octanol–water partition coefficient (Wildman–Crippen LogP) is -1.01. The van der Waals surface area contributed by atoms with Gasteiger partial charge in [-0.25, -0.2) is 17.9 Å². The van der Waals surface area contributed by atoms with Gasteiger partial charge in [0.25, 0.3) is 0 Å². The highest BCUT2D eigenvalue weighted by Crippen LogP contribution is 2.22. The van der Waals surface area contributed by atoms with Gasteiger partial charge in [0.2, 0.25) is 10.0 Å². The quantitative estimate of drug-likeness (QED) is 0.370. The summed E-state index contributed by atoms with van der Waals surface area (Å²) in [5.41, 5.74) is -0.587. The van der Waals surface area contributed by atoms with Crippen LogP contribution < -0.4 is 10.0 Å². The third kappa shape index (κ3) is 6.76. The first-order valence-corrected chi connectivity index (χ1v) is 13.5. The molecule has 0 aliphatic carbocycles. The summed E-state index contributed by atoms with van der Waals surface area (Å²) < 4.78 is 42.7. The SMILES string of the molecule is COC(=O)NC(CS(=O)(=O)N[C@H]1C[C@@H](OC)O[C@H](CO)[C@H]1O)[Si](C)(C)C. The molecule has 10 nitrogen and oxygen atoms in total. The number of amides is 1. The van der Waals surface area contributed by atoms with Gasteiger partial charge in [-0.1, -0.05) is 19.6 Å². The molecule has 4 N–H and O–H groups in total. The zero-order chi connectivity index (χ0) is 20.1. The minimum absolute atomic E-state index is 0.0927. The normalized spacial score (nSPS) is 28.4. The van der Waals surface area contributed by atoms with Gasteiger partial charge < -0.3 is 29.7 Å². The minimum Gasteiger partial charge on any atom is -0.453 e. The van der Waals surface area contributed by atoms with Crippen LogP contribution in [0, 0.1) is 0 Å². The smallest absolute Gasteiger partial charge is 0.406 e. The molecule has 1 fully saturated rings. The number of hydrogen-bond donors (Lipinski definition) is 4. The maximum Gasteiger partial charge on any atom is 0.406 e. The molecule has 0 aromatic carbocycles. The van der Waals surface area contributed by atoms with E-state index in [0.717, 1.165) is 0 Å². The third-order valence-electron chi connectivity index (χ3n) is 4.25. The van der Waals surface area contributed by atoms with Crippen LogP contribution >= 0.6 is 0 Å². The standard InChI is InChI=1S/C14H30N2O8SSi/c1-22-12-6-9(13(18)10(7-17)24-12)16-25(20,21)8-11(26(3,4)5)15-14(19)23-2/h9-13,16-18H,6-8H2,1-5H3,(H,15,19)/t9-,10+,11?,12-,13-/m0/s1. The number of aliphatic hydroxyl groups is 2.